The summed E-state index contributed by atoms with van der Waals surface area (Å²) in [7, 11) is -1.36. The summed E-state index contributed by atoms with van der Waals surface area (Å²) < 4.78 is 64.4. The second-order valence-corrected chi connectivity index (χ2v) is 8.76. The highest BCUT2D eigenvalue weighted by Crippen LogP contribution is 2.28. The van der Waals surface area contributed by atoms with E-state index in [0.29, 0.717) is 0 Å². The Hall–Kier alpha value is -3.52. The Balaban J connectivity index is 1.70. The lowest BCUT2D eigenvalue weighted by Gasteiger charge is -2.11. The Morgan fingerprint density at radius 2 is 1.85 bits per heavy atom. The first-order chi connectivity index (χ1) is 16.0. The van der Waals surface area contributed by atoms with Crippen LogP contribution in [0.3, 0.4) is 0 Å². The number of hydrogen-bond acceptors (Lipinski definition) is 8. The number of amides is 1. The van der Waals surface area contributed by atoms with Crippen molar-refractivity contribution in [3.63, 3.8) is 0 Å². The molecule has 1 aromatic carbocycles. The van der Waals surface area contributed by atoms with Crippen LogP contribution in [0.15, 0.2) is 35.2 Å². The van der Waals surface area contributed by atoms with Gasteiger partial charge in [-0.05, 0) is 31.2 Å². The molecule has 0 radical (unpaired) electrons. The van der Waals surface area contributed by atoms with Crippen LogP contribution >= 0.6 is 11.6 Å². The van der Waals surface area contributed by atoms with Crippen molar-refractivity contribution in [3.05, 3.63) is 46.7 Å². The molecule has 0 saturated carbocycles. The minimum absolute atomic E-state index is 0.0718. The van der Waals surface area contributed by atoms with Gasteiger partial charge >= 0.3 is 6.01 Å². The monoisotopic (exact) mass is 516 g/mol. The second kappa shape index (κ2) is 10.2. The number of aromatic nitrogens is 4. The van der Waals surface area contributed by atoms with E-state index in [2.05, 4.69) is 25.1 Å². The van der Waals surface area contributed by atoms with Gasteiger partial charge in [-0.2, -0.15) is 15.1 Å². The van der Waals surface area contributed by atoms with Gasteiger partial charge in [-0.15, -0.1) is 0 Å². The van der Waals surface area contributed by atoms with Crippen molar-refractivity contribution in [2.24, 2.45) is 0 Å². The fourth-order valence-electron chi connectivity index (χ4n) is 2.74. The number of sulfonamides is 1. The summed E-state index contributed by atoms with van der Waals surface area (Å²) in [6.45, 7) is 1.10. The molecule has 0 atom stereocenters. The van der Waals surface area contributed by atoms with Crippen LogP contribution in [-0.4, -0.2) is 48.3 Å². The van der Waals surface area contributed by atoms with Crippen molar-refractivity contribution in [2.75, 3.05) is 24.3 Å². The minimum Gasteiger partial charge on any atom is -0.481 e. The third-order valence-corrected chi connectivity index (χ3v) is 6.26. The van der Waals surface area contributed by atoms with Gasteiger partial charge in [0.15, 0.2) is 5.82 Å². The van der Waals surface area contributed by atoms with Crippen LogP contribution in [0, 0.1) is 6.92 Å². The molecular weight excluding hydrogens is 498 g/mol. The van der Waals surface area contributed by atoms with Crippen LogP contribution in [0.4, 0.5) is 20.3 Å². The van der Waals surface area contributed by atoms with Gasteiger partial charge in [-0.3, -0.25) is 14.2 Å². The number of anilines is 2. The summed E-state index contributed by atoms with van der Waals surface area (Å²) >= 11 is 5.82. The number of benzene rings is 1. The third kappa shape index (κ3) is 5.69. The Kier molecular flexibility index (Phi) is 7.51. The molecule has 11 nitrogen and oxygen atoms in total. The number of hydrogen-bond donors (Lipinski definition) is 2. The molecule has 1 amide bonds. The van der Waals surface area contributed by atoms with Crippen LogP contribution in [0.1, 0.15) is 17.8 Å². The van der Waals surface area contributed by atoms with Crippen molar-refractivity contribution < 1.29 is 31.5 Å². The smallest absolute Gasteiger partial charge is 0.321 e. The molecule has 34 heavy (non-hydrogen) atoms. The largest absolute Gasteiger partial charge is 0.481 e. The molecule has 0 aliphatic heterocycles. The standard InChI is InChI=1S/C19H19ClF2N6O5S/c1-10-16(20)17(18(21)22)26-28(10)9-14(29)23-11-4-6-12(7-5-11)34(30,31)27-13-8-15(32-2)25-19(24-13)33-3/h4-8,18H,9H2,1-3H3,(H,23,29)(H,24,25,27). The van der Waals surface area contributed by atoms with Crippen LogP contribution in [-0.2, 0) is 21.4 Å². The number of nitrogens with zero attached hydrogens (tertiary/aromatic N) is 4. The number of carbonyl (C=O) groups is 1. The zero-order chi connectivity index (χ0) is 25.0. The van der Waals surface area contributed by atoms with E-state index in [9.17, 15) is 22.0 Å². The highest BCUT2D eigenvalue weighted by atomic mass is 35.5. The molecule has 3 aromatic rings. The molecule has 2 N–H and O–H groups in total. The van der Waals surface area contributed by atoms with E-state index in [1.165, 1.54) is 51.5 Å². The van der Waals surface area contributed by atoms with Gasteiger partial charge in [-0.1, -0.05) is 11.6 Å². The van der Waals surface area contributed by atoms with E-state index in [1.54, 1.807) is 0 Å². The SMILES string of the molecule is COc1cc(NS(=O)(=O)c2ccc(NC(=O)Cn3nc(C(F)F)c(Cl)c3C)cc2)nc(OC)n1. The third-order valence-electron chi connectivity index (χ3n) is 4.42. The quantitative estimate of drug-likeness (QED) is 0.442. The van der Waals surface area contributed by atoms with Crippen LogP contribution in [0.5, 0.6) is 11.9 Å². The zero-order valence-corrected chi connectivity index (χ0v) is 19.6. The minimum atomic E-state index is -4.04. The average Bonchev–Trinajstić information content (AvgIpc) is 3.07. The van der Waals surface area contributed by atoms with E-state index in [1.807, 2.05) is 0 Å². The second-order valence-electron chi connectivity index (χ2n) is 6.70. The summed E-state index contributed by atoms with van der Waals surface area (Å²) in [5.41, 5.74) is -0.107. The topological polar surface area (TPSA) is 137 Å². The zero-order valence-electron chi connectivity index (χ0n) is 18.0. The van der Waals surface area contributed by atoms with Gasteiger partial charge in [0.2, 0.25) is 11.8 Å². The Morgan fingerprint density at radius 3 is 2.41 bits per heavy atom. The molecule has 0 aliphatic carbocycles. The Bertz CT molecular complexity index is 1280. The van der Waals surface area contributed by atoms with E-state index >= 15 is 0 Å². The highest BCUT2D eigenvalue weighted by Gasteiger charge is 2.22. The van der Waals surface area contributed by atoms with E-state index in [-0.39, 0.29) is 45.6 Å². The van der Waals surface area contributed by atoms with E-state index in [0.717, 1.165) is 4.68 Å². The molecule has 0 spiro atoms. The average molecular weight is 517 g/mol. The van der Waals surface area contributed by atoms with Gasteiger partial charge < -0.3 is 14.8 Å². The number of carbonyl (C=O) groups excluding carboxylic acids is 1. The Labute approximate surface area is 198 Å². The lowest BCUT2D eigenvalue weighted by atomic mass is 10.3. The normalized spacial score (nSPS) is 11.4. The Morgan fingerprint density at radius 1 is 1.18 bits per heavy atom. The first kappa shape index (κ1) is 25.1. The molecule has 0 unspecified atom stereocenters. The van der Waals surface area contributed by atoms with Gasteiger partial charge in [0, 0.05) is 11.8 Å². The summed E-state index contributed by atoms with van der Waals surface area (Å²) in [5.74, 6) is -0.550. The van der Waals surface area contributed by atoms with E-state index < -0.39 is 28.0 Å². The van der Waals surface area contributed by atoms with Crippen molar-refractivity contribution >= 4 is 39.0 Å². The van der Waals surface area contributed by atoms with Gasteiger partial charge in [0.05, 0.1) is 29.8 Å². The summed E-state index contributed by atoms with van der Waals surface area (Å²) in [5, 5.41) is 5.99. The van der Waals surface area contributed by atoms with Gasteiger partial charge in [-0.25, -0.2) is 17.2 Å². The predicted octanol–water partition coefficient (Wildman–Crippen LogP) is 3.03. The maximum absolute atomic E-state index is 12.9. The molecule has 15 heteroatoms. The van der Waals surface area contributed by atoms with Crippen LogP contribution in [0.2, 0.25) is 5.02 Å². The molecule has 0 saturated heterocycles. The number of ether oxygens (including phenoxy) is 2. The molecular formula is C19H19ClF2N6O5S. The number of halogens is 3. The molecule has 3 rings (SSSR count). The van der Waals surface area contributed by atoms with Crippen molar-refractivity contribution in [2.45, 2.75) is 24.8 Å². The molecule has 0 bridgehead atoms. The fourth-order valence-corrected chi connectivity index (χ4v) is 3.95. The van der Waals surface area contributed by atoms with Crippen molar-refractivity contribution in [3.8, 4) is 11.9 Å². The number of alkyl halides is 2. The van der Waals surface area contributed by atoms with Crippen molar-refractivity contribution in [1.29, 1.82) is 0 Å². The van der Waals surface area contributed by atoms with Gasteiger partial charge in [0.1, 0.15) is 12.2 Å². The molecule has 182 valence electrons. The van der Waals surface area contributed by atoms with Crippen LogP contribution in [0.25, 0.3) is 0 Å². The maximum Gasteiger partial charge on any atom is 0.321 e. The lowest BCUT2D eigenvalue weighted by Crippen LogP contribution is -2.20. The van der Waals surface area contributed by atoms with E-state index in [4.69, 9.17) is 21.1 Å². The summed E-state index contributed by atoms with van der Waals surface area (Å²) in [6.07, 6.45) is -2.87. The fraction of sp³-hybridized carbons (Fsp3) is 0.263. The molecule has 2 heterocycles. The maximum atomic E-state index is 12.9. The molecule has 0 fully saturated rings. The van der Waals surface area contributed by atoms with Gasteiger partial charge in [0.25, 0.3) is 16.4 Å². The lowest BCUT2D eigenvalue weighted by molar-refractivity contribution is -0.117. The number of methoxy groups -OCH3 is 2. The number of nitrogens with one attached hydrogen (secondary N) is 2. The predicted molar refractivity (Wildman–Crippen MR) is 118 cm³/mol. The first-order valence-electron chi connectivity index (χ1n) is 9.44. The molecule has 0 aliphatic rings. The van der Waals surface area contributed by atoms with Crippen LogP contribution < -0.4 is 19.5 Å². The first-order valence-corrected chi connectivity index (χ1v) is 11.3. The number of rotatable bonds is 9. The molecule has 2 aromatic heterocycles. The van der Waals surface area contributed by atoms with Crippen molar-refractivity contribution in [1.82, 2.24) is 19.7 Å². The summed E-state index contributed by atoms with van der Waals surface area (Å²) in [6, 6.07) is 6.43. The highest BCUT2D eigenvalue weighted by molar-refractivity contribution is 7.92. The summed E-state index contributed by atoms with van der Waals surface area (Å²) in [4.78, 5) is 20.0.